The van der Waals surface area contributed by atoms with Gasteiger partial charge in [0, 0.05) is 28.4 Å². The molecule has 0 aliphatic heterocycles. The number of aromatic nitrogens is 2. The number of para-hydroxylation sites is 1. The van der Waals surface area contributed by atoms with Gasteiger partial charge in [0.25, 0.3) is 5.91 Å². The van der Waals surface area contributed by atoms with Crippen LogP contribution in [0.2, 0.25) is 0 Å². The first-order chi connectivity index (χ1) is 19.8. The average Bonchev–Trinajstić information content (AvgIpc) is 3.37. The Kier molecular flexibility index (Phi) is 8.76. The summed E-state index contributed by atoms with van der Waals surface area (Å²) >= 11 is 0. The quantitative estimate of drug-likeness (QED) is 0.210. The number of primary amides is 1. The lowest BCUT2D eigenvalue weighted by Gasteiger charge is -2.39. The molecule has 5 N–H and O–H groups in total. The maximum Gasteiger partial charge on any atom is 0.420 e. The molecule has 0 saturated carbocycles. The Hall–Kier alpha value is -4.58. The minimum Gasteiger partial charge on any atom is -0.381 e. The van der Waals surface area contributed by atoms with Gasteiger partial charge in [-0.05, 0) is 68.8 Å². The lowest BCUT2D eigenvalue weighted by Crippen LogP contribution is -2.59. The molecule has 42 heavy (non-hydrogen) atoms. The van der Waals surface area contributed by atoms with Gasteiger partial charge in [-0.3, -0.25) is 9.59 Å². The van der Waals surface area contributed by atoms with Crippen molar-refractivity contribution in [2.45, 2.75) is 38.6 Å². The second-order valence-corrected chi connectivity index (χ2v) is 10.4. The Bertz CT molecular complexity index is 1570. The van der Waals surface area contributed by atoms with E-state index in [1.165, 1.54) is 11.1 Å². The normalized spacial score (nSPS) is 13.1. The molecule has 222 valence electrons. The van der Waals surface area contributed by atoms with Crippen molar-refractivity contribution in [2.24, 2.45) is 5.73 Å². The van der Waals surface area contributed by atoms with Crippen LogP contribution in [0.1, 0.15) is 29.8 Å². The molecule has 12 heteroatoms. The smallest absolute Gasteiger partial charge is 0.381 e. The fourth-order valence-electron chi connectivity index (χ4n) is 4.63. The molecule has 0 spiro atoms. The van der Waals surface area contributed by atoms with Crippen molar-refractivity contribution in [3.63, 3.8) is 0 Å². The number of rotatable bonds is 11. The molecule has 1 atom stereocenters. The average molecular weight is 583 g/mol. The highest BCUT2D eigenvalue weighted by atomic mass is 19.4. The number of fused-ring (bicyclic) bond motifs is 1. The summed E-state index contributed by atoms with van der Waals surface area (Å²) in [5, 5.41) is 21.3. The van der Waals surface area contributed by atoms with Crippen LogP contribution in [0.25, 0.3) is 16.6 Å². The molecule has 4 aromatic rings. The standard InChI is InChI=1S/C30H33F3N6O3/c1-19(2)38(22-9-5-4-6-10-22)18-29(42,30(31,32)33)17-36-25-12-20(3)13-26-24(25)15-37-39(26)23-11-7-8-21(14-23)28(41)35-16-27(34)40/h4-15,19,36,42H,16-18H2,1-3H3,(H2,34,40)(H,35,41)/t29-/m0/s1. The molecule has 0 aliphatic rings. The summed E-state index contributed by atoms with van der Waals surface area (Å²) in [5.41, 5.74) is 5.07. The third kappa shape index (κ3) is 6.65. The van der Waals surface area contributed by atoms with Gasteiger partial charge in [-0.2, -0.15) is 18.3 Å². The van der Waals surface area contributed by atoms with E-state index in [2.05, 4.69) is 15.7 Å². The number of alkyl halides is 3. The Morgan fingerprint density at radius 3 is 2.43 bits per heavy atom. The number of carbonyl (C=O) groups excluding carboxylic acids is 2. The van der Waals surface area contributed by atoms with Gasteiger partial charge in [0.05, 0.1) is 37.0 Å². The van der Waals surface area contributed by atoms with E-state index < -0.39 is 36.7 Å². The summed E-state index contributed by atoms with van der Waals surface area (Å²) in [6.07, 6.45) is -3.42. The van der Waals surface area contributed by atoms with Gasteiger partial charge in [-0.25, -0.2) is 4.68 Å². The fraction of sp³-hybridized carbons (Fsp3) is 0.300. The topological polar surface area (TPSA) is 126 Å². The molecular weight excluding hydrogens is 549 g/mol. The van der Waals surface area contributed by atoms with Crippen molar-refractivity contribution in [3.8, 4) is 5.69 Å². The number of aliphatic hydroxyl groups is 1. The van der Waals surface area contributed by atoms with Crippen molar-refractivity contribution in [1.29, 1.82) is 0 Å². The zero-order valence-corrected chi connectivity index (χ0v) is 23.4. The van der Waals surface area contributed by atoms with E-state index in [0.29, 0.717) is 28.0 Å². The summed E-state index contributed by atoms with van der Waals surface area (Å²) in [7, 11) is 0. The number of halogens is 3. The van der Waals surface area contributed by atoms with E-state index in [1.807, 2.05) is 6.07 Å². The third-order valence-corrected chi connectivity index (χ3v) is 6.85. The van der Waals surface area contributed by atoms with Crippen LogP contribution >= 0.6 is 0 Å². The number of aryl methyl sites for hydroxylation is 1. The van der Waals surface area contributed by atoms with Crippen LogP contribution in [-0.4, -0.2) is 64.2 Å². The van der Waals surface area contributed by atoms with Crippen LogP contribution in [0, 0.1) is 6.92 Å². The zero-order chi connectivity index (χ0) is 30.7. The molecule has 2 amide bonds. The van der Waals surface area contributed by atoms with Gasteiger partial charge in [0.2, 0.25) is 5.91 Å². The number of anilines is 2. The van der Waals surface area contributed by atoms with Crippen LogP contribution in [0.5, 0.6) is 0 Å². The van der Waals surface area contributed by atoms with Gasteiger partial charge in [-0.15, -0.1) is 0 Å². The van der Waals surface area contributed by atoms with E-state index in [9.17, 15) is 27.9 Å². The van der Waals surface area contributed by atoms with E-state index >= 15 is 0 Å². The molecule has 0 fully saturated rings. The van der Waals surface area contributed by atoms with Crippen molar-refractivity contribution < 1.29 is 27.9 Å². The third-order valence-electron chi connectivity index (χ3n) is 6.85. The second kappa shape index (κ2) is 12.1. The summed E-state index contributed by atoms with van der Waals surface area (Å²) in [6, 6.07) is 18.4. The fourth-order valence-corrected chi connectivity index (χ4v) is 4.63. The summed E-state index contributed by atoms with van der Waals surface area (Å²) < 4.78 is 44.7. The van der Waals surface area contributed by atoms with E-state index in [-0.39, 0.29) is 18.2 Å². The molecule has 0 bridgehead atoms. The minimum absolute atomic E-state index is 0.270. The first-order valence-electron chi connectivity index (χ1n) is 13.3. The monoisotopic (exact) mass is 582 g/mol. The van der Waals surface area contributed by atoms with Crippen LogP contribution in [0.4, 0.5) is 24.5 Å². The molecule has 3 aromatic carbocycles. The van der Waals surface area contributed by atoms with Crippen molar-refractivity contribution in [2.75, 3.05) is 29.9 Å². The lowest BCUT2D eigenvalue weighted by atomic mass is 10.0. The number of amides is 2. The van der Waals surface area contributed by atoms with Crippen molar-refractivity contribution in [1.82, 2.24) is 15.1 Å². The van der Waals surface area contributed by atoms with Gasteiger partial charge in [-0.1, -0.05) is 24.3 Å². The predicted octanol–water partition coefficient (Wildman–Crippen LogP) is 4.17. The predicted molar refractivity (Wildman–Crippen MR) is 156 cm³/mol. The summed E-state index contributed by atoms with van der Waals surface area (Å²) in [6.45, 7) is 3.54. The first-order valence-corrected chi connectivity index (χ1v) is 13.3. The van der Waals surface area contributed by atoms with Crippen LogP contribution in [0.3, 0.4) is 0 Å². The molecule has 4 rings (SSSR count). The number of hydrogen-bond acceptors (Lipinski definition) is 6. The Labute approximate surface area is 241 Å². The van der Waals surface area contributed by atoms with Gasteiger partial charge >= 0.3 is 6.18 Å². The van der Waals surface area contributed by atoms with Gasteiger partial charge in [0.15, 0.2) is 5.60 Å². The summed E-state index contributed by atoms with van der Waals surface area (Å²) in [5.74, 6) is -1.18. The van der Waals surface area contributed by atoms with Crippen LogP contribution < -0.4 is 21.3 Å². The molecule has 0 unspecified atom stereocenters. The Balaban J connectivity index is 1.64. The summed E-state index contributed by atoms with van der Waals surface area (Å²) in [4.78, 5) is 25.0. The molecule has 1 aromatic heterocycles. The highest BCUT2D eigenvalue weighted by molar-refractivity contribution is 5.97. The number of nitrogens with one attached hydrogen (secondary N) is 2. The molecule has 9 nitrogen and oxygen atoms in total. The largest absolute Gasteiger partial charge is 0.420 e. The SMILES string of the molecule is Cc1cc(NC[C@](O)(CN(c2ccccc2)C(C)C)C(F)(F)F)c2cnn(-c3cccc(C(=O)NCC(N)=O)c3)c2c1. The Morgan fingerprint density at radius 2 is 1.79 bits per heavy atom. The minimum atomic E-state index is -4.93. The van der Waals surface area contributed by atoms with Crippen LogP contribution in [0.15, 0.2) is 72.9 Å². The maximum absolute atomic E-state index is 14.4. The number of benzene rings is 3. The lowest BCUT2D eigenvalue weighted by molar-refractivity contribution is -0.250. The van der Waals surface area contributed by atoms with Gasteiger partial charge in [0.1, 0.15) is 0 Å². The number of carbonyl (C=O) groups is 2. The first kappa shape index (κ1) is 30.4. The Morgan fingerprint density at radius 1 is 1.07 bits per heavy atom. The number of nitrogens with zero attached hydrogens (tertiary/aromatic N) is 3. The zero-order valence-electron chi connectivity index (χ0n) is 23.4. The highest BCUT2D eigenvalue weighted by Gasteiger charge is 2.54. The highest BCUT2D eigenvalue weighted by Crippen LogP contribution is 2.35. The maximum atomic E-state index is 14.4. The molecular formula is C30H33F3N6O3. The number of nitrogens with two attached hydrogens (primary N) is 1. The number of hydrogen-bond donors (Lipinski definition) is 4. The van der Waals surface area contributed by atoms with Crippen LogP contribution in [-0.2, 0) is 4.79 Å². The van der Waals surface area contributed by atoms with Crippen molar-refractivity contribution in [3.05, 3.63) is 84.1 Å². The van der Waals surface area contributed by atoms with E-state index in [4.69, 9.17) is 5.73 Å². The van der Waals surface area contributed by atoms with E-state index in [1.54, 1.807) is 86.1 Å². The molecule has 0 radical (unpaired) electrons. The van der Waals surface area contributed by atoms with Crippen molar-refractivity contribution >= 4 is 34.1 Å². The second-order valence-electron chi connectivity index (χ2n) is 10.4. The molecule has 1 heterocycles. The molecule has 0 saturated heterocycles. The molecule has 0 aliphatic carbocycles. The van der Waals surface area contributed by atoms with Gasteiger partial charge < -0.3 is 26.4 Å². The van der Waals surface area contributed by atoms with E-state index in [0.717, 1.165) is 5.56 Å².